The molecular formula is C17H19Cl2N3O2S. The highest BCUT2D eigenvalue weighted by Gasteiger charge is 2.23. The first-order chi connectivity index (χ1) is 12.0. The van der Waals surface area contributed by atoms with Gasteiger partial charge < -0.3 is 4.90 Å². The molecule has 0 saturated carbocycles. The molecule has 0 bridgehead atoms. The van der Waals surface area contributed by atoms with Gasteiger partial charge in [-0.3, -0.25) is 0 Å². The van der Waals surface area contributed by atoms with Crippen LogP contribution >= 0.6 is 23.2 Å². The minimum Gasteiger partial charge on any atom is -0.357 e. The summed E-state index contributed by atoms with van der Waals surface area (Å²) in [6.45, 7) is 2.11. The van der Waals surface area contributed by atoms with Crippen LogP contribution in [0.15, 0.2) is 47.5 Å². The number of pyridine rings is 1. The van der Waals surface area contributed by atoms with Gasteiger partial charge in [0.1, 0.15) is 10.7 Å². The van der Waals surface area contributed by atoms with Crippen LogP contribution in [-0.2, 0) is 10.0 Å². The van der Waals surface area contributed by atoms with Crippen LogP contribution in [0.2, 0.25) is 10.0 Å². The molecule has 2 heterocycles. The highest BCUT2D eigenvalue weighted by molar-refractivity contribution is 7.89. The maximum atomic E-state index is 12.5. The molecule has 134 valence electrons. The van der Waals surface area contributed by atoms with Crippen LogP contribution in [0.1, 0.15) is 12.8 Å². The van der Waals surface area contributed by atoms with Gasteiger partial charge in [-0.05, 0) is 49.1 Å². The molecule has 1 aromatic carbocycles. The summed E-state index contributed by atoms with van der Waals surface area (Å²) in [7, 11) is -3.67. The Bertz CT molecular complexity index is 823. The summed E-state index contributed by atoms with van der Waals surface area (Å²) in [6.07, 6.45) is 3.59. The molecule has 1 aromatic heterocycles. The molecule has 1 aliphatic rings. The third kappa shape index (κ3) is 4.64. The number of hydrogen-bond acceptors (Lipinski definition) is 4. The van der Waals surface area contributed by atoms with Crippen LogP contribution in [0, 0.1) is 5.92 Å². The number of nitrogens with one attached hydrogen (secondary N) is 1. The Balaban J connectivity index is 1.57. The lowest BCUT2D eigenvalue weighted by atomic mass is 9.97. The Hall–Kier alpha value is -1.34. The van der Waals surface area contributed by atoms with Gasteiger partial charge in [0.05, 0.1) is 5.02 Å². The number of halogens is 2. The van der Waals surface area contributed by atoms with Gasteiger partial charge in [0.15, 0.2) is 0 Å². The summed E-state index contributed by atoms with van der Waals surface area (Å²) in [5.41, 5.74) is 0. The van der Waals surface area contributed by atoms with Crippen molar-refractivity contribution in [3.63, 3.8) is 0 Å². The highest BCUT2D eigenvalue weighted by atomic mass is 35.5. The molecule has 0 atom stereocenters. The fourth-order valence-electron chi connectivity index (χ4n) is 2.90. The van der Waals surface area contributed by atoms with Crippen molar-refractivity contribution in [2.75, 3.05) is 24.5 Å². The van der Waals surface area contributed by atoms with Gasteiger partial charge >= 0.3 is 0 Å². The van der Waals surface area contributed by atoms with Gasteiger partial charge in [-0.15, -0.1) is 0 Å². The quantitative estimate of drug-likeness (QED) is 0.834. The molecule has 2 aromatic rings. The SMILES string of the molecule is O=S(=O)(NCC1CCN(c2ccccn2)CC1)c1cc(Cl)ccc1Cl. The Morgan fingerprint density at radius 2 is 1.92 bits per heavy atom. The number of hydrogen-bond donors (Lipinski definition) is 1. The maximum absolute atomic E-state index is 12.5. The molecule has 8 heteroatoms. The zero-order valence-electron chi connectivity index (χ0n) is 13.5. The Labute approximate surface area is 158 Å². The molecule has 1 saturated heterocycles. The number of benzene rings is 1. The van der Waals surface area contributed by atoms with E-state index in [2.05, 4.69) is 14.6 Å². The molecule has 1 N–H and O–H groups in total. The van der Waals surface area contributed by atoms with Gasteiger partial charge in [0, 0.05) is 30.9 Å². The predicted octanol–water partition coefficient (Wildman–Crippen LogP) is 3.58. The zero-order valence-corrected chi connectivity index (χ0v) is 15.9. The molecule has 0 amide bonds. The van der Waals surface area contributed by atoms with Gasteiger partial charge in [0.25, 0.3) is 0 Å². The van der Waals surface area contributed by atoms with Crippen molar-refractivity contribution in [2.24, 2.45) is 5.92 Å². The van der Waals surface area contributed by atoms with E-state index < -0.39 is 10.0 Å². The van der Waals surface area contributed by atoms with Crippen molar-refractivity contribution >= 4 is 39.0 Å². The number of piperidine rings is 1. The molecule has 1 fully saturated rings. The Morgan fingerprint density at radius 1 is 1.16 bits per heavy atom. The highest BCUT2D eigenvalue weighted by Crippen LogP contribution is 2.26. The van der Waals surface area contributed by atoms with E-state index in [1.807, 2.05) is 18.2 Å². The maximum Gasteiger partial charge on any atom is 0.242 e. The van der Waals surface area contributed by atoms with Crippen LogP contribution in [0.4, 0.5) is 5.82 Å². The average molecular weight is 400 g/mol. The molecular weight excluding hydrogens is 381 g/mol. The van der Waals surface area contributed by atoms with Crippen LogP contribution in [0.3, 0.4) is 0 Å². The van der Waals surface area contributed by atoms with Crippen molar-refractivity contribution in [2.45, 2.75) is 17.7 Å². The van der Waals surface area contributed by atoms with Gasteiger partial charge in [-0.25, -0.2) is 18.1 Å². The lowest BCUT2D eigenvalue weighted by Crippen LogP contribution is -2.39. The van der Waals surface area contributed by atoms with E-state index in [1.165, 1.54) is 12.1 Å². The number of anilines is 1. The van der Waals surface area contributed by atoms with E-state index in [0.717, 1.165) is 31.7 Å². The topological polar surface area (TPSA) is 62.3 Å². The Morgan fingerprint density at radius 3 is 2.60 bits per heavy atom. The first kappa shape index (κ1) is 18.5. The third-order valence-corrected chi connectivity index (χ3v) is 6.47. The second-order valence-corrected chi connectivity index (χ2v) is 8.62. The van der Waals surface area contributed by atoms with Crippen molar-refractivity contribution < 1.29 is 8.42 Å². The summed E-state index contributed by atoms with van der Waals surface area (Å²) in [5, 5.41) is 0.510. The summed E-state index contributed by atoms with van der Waals surface area (Å²) in [5.74, 6) is 1.25. The van der Waals surface area contributed by atoms with Crippen molar-refractivity contribution in [1.29, 1.82) is 0 Å². The monoisotopic (exact) mass is 399 g/mol. The van der Waals surface area contributed by atoms with E-state index >= 15 is 0 Å². The molecule has 0 unspecified atom stereocenters. The summed E-state index contributed by atoms with van der Waals surface area (Å²) < 4.78 is 27.6. The molecule has 1 aliphatic heterocycles. The Kier molecular flexibility index (Phi) is 5.84. The molecule has 0 radical (unpaired) electrons. The number of aromatic nitrogens is 1. The summed E-state index contributed by atoms with van der Waals surface area (Å²) >= 11 is 11.9. The van der Waals surface area contributed by atoms with Gasteiger partial charge in [-0.2, -0.15) is 0 Å². The summed E-state index contributed by atoms with van der Waals surface area (Å²) in [6, 6.07) is 10.3. The van der Waals surface area contributed by atoms with Crippen LogP contribution in [-0.4, -0.2) is 33.0 Å². The molecule has 25 heavy (non-hydrogen) atoms. The van der Waals surface area contributed by atoms with E-state index in [-0.39, 0.29) is 15.8 Å². The lowest BCUT2D eigenvalue weighted by Gasteiger charge is -2.32. The van der Waals surface area contributed by atoms with E-state index in [4.69, 9.17) is 23.2 Å². The van der Waals surface area contributed by atoms with E-state index in [9.17, 15) is 8.42 Å². The van der Waals surface area contributed by atoms with Crippen LogP contribution in [0.25, 0.3) is 0 Å². The van der Waals surface area contributed by atoms with Crippen molar-refractivity contribution in [3.05, 3.63) is 52.6 Å². The van der Waals surface area contributed by atoms with Gasteiger partial charge in [0.2, 0.25) is 10.0 Å². The fraction of sp³-hybridized carbons (Fsp3) is 0.353. The number of nitrogens with zero attached hydrogens (tertiary/aromatic N) is 2. The van der Waals surface area contributed by atoms with E-state index in [0.29, 0.717) is 11.6 Å². The first-order valence-corrected chi connectivity index (χ1v) is 10.3. The van der Waals surface area contributed by atoms with Crippen LogP contribution < -0.4 is 9.62 Å². The molecule has 0 aliphatic carbocycles. The average Bonchev–Trinajstić information content (AvgIpc) is 2.63. The minimum atomic E-state index is -3.67. The van der Waals surface area contributed by atoms with E-state index in [1.54, 1.807) is 12.3 Å². The second kappa shape index (κ2) is 7.91. The lowest BCUT2D eigenvalue weighted by molar-refractivity contribution is 0.400. The van der Waals surface area contributed by atoms with Crippen LogP contribution in [0.5, 0.6) is 0 Å². The summed E-state index contributed by atoms with van der Waals surface area (Å²) in [4.78, 5) is 6.60. The number of rotatable bonds is 5. The van der Waals surface area contributed by atoms with Crippen molar-refractivity contribution in [3.8, 4) is 0 Å². The molecule has 0 spiro atoms. The second-order valence-electron chi connectivity index (χ2n) is 6.05. The molecule has 5 nitrogen and oxygen atoms in total. The molecule has 3 rings (SSSR count). The normalized spacial score (nSPS) is 16.2. The first-order valence-electron chi connectivity index (χ1n) is 8.06. The number of sulfonamides is 1. The standard InChI is InChI=1S/C17H19Cl2N3O2S/c18-14-4-5-15(19)16(11-14)25(23,24)21-12-13-6-9-22(10-7-13)17-3-1-2-8-20-17/h1-5,8,11,13,21H,6-7,9-10,12H2. The van der Waals surface area contributed by atoms with Gasteiger partial charge in [-0.1, -0.05) is 29.3 Å². The predicted molar refractivity (Wildman–Crippen MR) is 101 cm³/mol. The zero-order chi connectivity index (χ0) is 17.9. The van der Waals surface area contributed by atoms with Crippen molar-refractivity contribution in [1.82, 2.24) is 9.71 Å². The largest absolute Gasteiger partial charge is 0.357 e. The smallest absolute Gasteiger partial charge is 0.242 e. The fourth-order valence-corrected chi connectivity index (χ4v) is 4.77. The third-order valence-electron chi connectivity index (χ3n) is 4.33. The minimum absolute atomic E-state index is 0.0209.